The monoisotopic (exact) mass is 241 g/mol. The van der Waals surface area contributed by atoms with Crippen LogP contribution in [-0.4, -0.2) is 15.2 Å². The molecule has 88 valence electrons. The van der Waals surface area contributed by atoms with Gasteiger partial charge in [0.25, 0.3) is 0 Å². The predicted molar refractivity (Wildman–Crippen MR) is 65.5 cm³/mol. The van der Waals surface area contributed by atoms with E-state index < -0.39 is 4.92 Å². The van der Waals surface area contributed by atoms with Crippen molar-refractivity contribution >= 4 is 23.3 Å². The molecular weight excluding hydrogens is 226 g/mol. The number of pyridine rings is 1. The SMILES string of the molecule is CC(C)C(C)Sc1nc(N)ccc1[N+](=O)[O-]. The van der Waals surface area contributed by atoms with Crippen LogP contribution in [0.3, 0.4) is 0 Å². The number of nitro groups is 1. The molecule has 1 heterocycles. The Labute approximate surface area is 98.6 Å². The van der Waals surface area contributed by atoms with Gasteiger partial charge in [-0.15, -0.1) is 0 Å². The van der Waals surface area contributed by atoms with Gasteiger partial charge in [-0.25, -0.2) is 4.98 Å². The number of nitrogens with zero attached hydrogens (tertiary/aromatic N) is 2. The van der Waals surface area contributed by atoms with E-state index in [4.69, 9.17) is 5.73 Å². The van der Waals surface area contributed by atoms with Crippen molar-refractivity contribution in [2.45, 2.75) is 31.0 Å². The number of hydrogen-bond acceptors (Lipinski definition) is 5. The first-order valence-electron chi connectivity index (χ1n) is 4.99. The molecule has 0 aliphatic carbocycles. The van der Waals surface area contributed by atoms with Crippen LogP contribution in [0.15, 0.2) is 17.2 Å². The highest BCUT2D eigenvalue weighted by molar-refractivity contribution is 8.00. The van der Waals surface area contributed by atoms with Gasteiger partial charge in [0.1, 0.15) is 5.82 Å². The van der Waals surface area contributed by atoms with Gasteiger partial charge in [0.15, 0.2) is 5.03 Å². The van der Waals surface area contributed by atoms with Crippen LogP contribution in [-0.2, 0) is 0 Å². The molecule has 0 spiro atoms. The molecule has 0 saturated heterocycles. The third-order valence-electron chi connectivity index (χ3n) is 2.29. The number of rotatable bonds is 4. The fraction of sp³-hybridized carbons (Fsp3) is 0.500. The lowest BCUT2D eigenvalue weighted by Gasteiger charge is -2.14. The van der Waals surface area contributed by atoms with Crippen molar-refractivity contribution in [1.29, 1.82) is 0 Å². The average Bonchev–Trinajstić information content (AvgIpc) is 2.16. The zero-order valence-electron chi connectivity index (χ0n) is 9.51. The molecule has 0 fully saturated rings. The van der Waals surface area contributed by atoms with E-state index in [1.807, 2.05) is 6.92 Å². The molecule has 0 bridgehead atoms. The second-order valence-corrected chi connectivity index (χ2v) is 5.25. The van der Waals surface area contributed by atoms with E-state index in [0.717, 1.165) is 0 Å². The Morgan fingerprint density at radius 1 is 1.44 bits per heavy atom. The second kappa shape index (κ2) is 5.16. The van der Waals surface area contributed by atoms with Crippen LogP contribution in [0.25, 0.3) is 0 Å². The largest absolute Gasteiger partial charge is 0.384 e. The number of thioether (sulfide) groups is 1. The van der Waals surface area contributed by atoms with E-state index in [-0.39, 0.29) is 10.9 Å². The Morgan fingerprint density at radius 3 is 2.56 bits per heavy atom. The smallest absolute Gasteiger partial charge is 0.301 e. The number of hydrogen-bond donors (Lipinski definition) is 1. The maximum absolute atomic E-state index is 10.8. The molecule has 5 nitrogen and oxygen atoms in total. The van der Waals surface area contributed by atoms with Gasteiger partial charge in [0.05, 0.1) is 4.92 Å². The molecule has 0 amide bonds. The van der Waals surface area contributed by atoms with E-state index >= 15 is 0 Å². The maximum atomic E-state index is 10.8. The van der Waals surface area contributed by atoms with Crippen molar-refractivity contribution in [2.24, 2.45) is 5.92 Å². The lowest BCUT2D eigenvalue weighted by Crippen LogP contribution is -2.07. The van der Waals surface area contributed by atoms with Crippen LogP contribution >= 0.6 is 11.8 Å². The third-order valence-corrected chi connectivity index (χ3v) is 3.73. The molecule has 1 aromatic heterocycles. The molecule has 1 rings (SSSR count). The number of anilines is 1. The molecular formula is C10H15N3O2S. The minimum Gasteiger partial charge on any atom is -0.384 e. The Morgan fingerprint density at radius 2 is 2.06 bits per heavy atom. The standard InChI is InChI=1S/C10H15N3O2S/c1-6(2)7(3)16-10-8(13(14)15)4-5-9(11)12-10/h4-7H,1-3H3,(H2,11,12). The summed E-state index contributed by atoms with van der Waals surface area (Å²) in [5.74, 6) is 0.733. The van der Waals surface area contributed by atoms with Gasteiger partial charge in [-0.1, -0.05) is 32.5 Å². The van der Waals surface area contributed by atoms with E-state index in [0.29, 0.717) is 16.8 Å². The van der Waals surface area contributed by atoms with Crippen LogP contribution in [0.5, 0.6) is 0 Å². The van der Waals surface area contributed by atoms with Gasteiger partial charge in [0.2, 0.25) is 0 Å². The minimum atomic E-state index is -0.429. The molecule has 1 aromatic rings. The molecule has 16 heavy (non-hydrogen) atoms. The van der Waals surface area contributed by atoms with Crippen molar-refractivity contribution in [1.82, 2.24) is 4.98 Å². The number of nitrogen functional groups attached to an aromatic ring is 1. The Bertz CT molecular complexity index is 396. The van der Waals surface area contributed by atoms with E-state index in [9.17, 15) is 10.1 Å². The zero-order chi connectivity index (χ0) is 12.3. The fourth-order valence-corrected chi connectivity index (χ4v) is 2.03. The first kappa shape index (κ1) is 12.8. The van der Waals surface area contributed by atoms with Crippen LogP contribution in [0.2, 0.25) is 0 Å². The summed E-state index contributed by atoms with van der Waals surface area (Å²) in [4.78, 5) is 14.4. The lowest BCUT2D eigenvalue weighted by molar-refractivity contribution is -0.388. The summed E-state index contributed by atoms with van der Waals surface area (Å²) < 4.78 is 0. The normalized spacial score (nSPS) is 12.8. The van der Waals surface area contributed by atoms with Crippen LogP contribution in [0.1, 0.15) is 20.8 Å². The Hall–Kier alpha value is -1.30. The molecule has 6 heteroatoms. The van der Waals surface area contributed by atoms with E-state index in [1.165, 1.54) is 23.9 Å². The van der Waals surface area contributed by atoms with E-state index in [1.54, 1.807) is 0 Å². The lowest BCUT2D eigenvalue weighted by atomic mass is 10.2. The Kier molecular flexibility index (Phi) is 4.12. The summed E-state index contributed by atoms with van der Waals surface area (Å²) in [5.41, 5.74) is 5.55. The third kappa shape index (κ3) is 3.10. The highest BCUT2D eigenvalue weighted by Crippen LogP contribution is 2.33. The number of aromatic nitrogens is 1. The first-order valence-corrected chi connectivity index (χ1v) is 5.87. The van der Waals surface area contributed by atoms with E-state index in [2.05, 4.69) is 18.8 Å². The summed E-state index contributed by atoms with van der Waals surface area (Å²) in [6, 6.07) is 2.85. The van der Waals surface area contributed by atoms with Crippen molar-refractivity contribution in [3.05, 3.63) is 22.2 Å². The topological polar surface area (TPSA) is 82.0 Å². The fourth-order valence-electron chi connectivity index (χ4n) is 0.985. The van der Waals surface area contributed by atoms with Crippen molar-refractivity contribution < 1.29 is 4.92 Å². The molecule has 2 N–H and O–H groups in total. The van der Waals surface area contributed by atoms with Gasteiger partial charge < -0.3 is 5.73 Å². The summed E-state index contributed by atoms with van der Waals surface area (Å²) in [6.45, 7) is 6.15. The quantitative estimate of drug-likeness (QED) is 0.498. The molecule has 0 aliphatic heterocycles. The van der Waals surface area contributed by atoms with Crippen molar-refractivity contribution in [3.8, 4) is 0 Å². The molecule has 0 aliphatic rings. The van der Waals surface area contributed by atoms with Crippen LogP contribution < -0.4 is 5.73 Å². The van der Waals surface area contributed by atoms with Crippen molar-refractivity contribution in [2.75, 3.05) is 5.73 Å². The van der Waals surface area contributed by atoms with Gasteiger partial charge in [-0.05, 0) is 12.0 Å². The van der Waals surface area contributed by atoms with Gasteiger partial charge in [0, 0.05) is 11.3 Å². The number of nitrogens with two attached hydrogens (primary N) is 1. The van der Waals surface area contributed by atoms with Crippen LogP contribution in [0, 0.1) is 16.0 Å². The predicted octanol–water partition coefficient (Wildman–Crippen LogP) is 2.71. The zero-order valence-corrected chi connectivity index (χ0v) is 10.3. The van der Waals surface area contributed by atoms with Crippen LogP contribution in [0.4, 0.5) is 11.5 Å². The molecule has 0 aromatic carbocycles. The molecule has 1 unspecified atom stereocenters. The Balaban J connectivity index is 3.01. The highest BCUT2D eigenvalue weighted by atomic mass is 32.2. The first-order chi connectivity index (χ1) is 7.41. The van der Waals surface area contributed by atoms with Gasteiger partial charge in [-0.2, -0.15) is 0 Å². The van der Waals surface area contributed by atoms with Gasteiger partial charge in [-0.3, -0.25) is 10.1 Å². The molecule has 0 saturated carbocycles. The summed E-state index contributed by atoms with van der Waals surface area (Å²) in [7, 11) is 0. The second-order valence-electron chi connectivity index (χ2n) is 3.88. The molecule has 1 atom stereocenters. The summed E-state index contributed by atoms with van der Waals surface area (Å²) >= 11 is 1.39. The summed E-state index contributed by atoms with van der Waals surface area (Å²) in [6.07, 6.45) is 0. The average molecular weight is 241 g/mol. The summed E-state index contributed by atoms with van der Waals surface area (Å²) in [5, 5.41) is 11.4. The highest BCUT2D eigenvalue weighted by Gasteiger charge is 2.19. The maximum Gasteiger partial charge on any atom is 0.301 e. The van der Waals surface area contributed by atoms with Gasteiger partial charge >= 0.3 is 5.69 Å². The van der Waals surface area contributed by atoms with Crippen molar-refractivity contribution in [3.63, 3.8) is 0 Å². The molecule has 0 radical (unpaired) electrons. The minimum absolute atomic E-state index is 0.0201.